The monoisotopic (exact) mass is 245 g/mol. The van der Waals surface area contributed by atoms with Crippen molar-refractivity contribution in [2.45, 2.75) is 38.6 Å². The van der Waals surface area contributed by atoms with Gasteiger partial charge in [0.15, 0.2) is 0 Å². The van der Waals surface area contributed by atoms with E-state index in [0.717, 1.165) is 16.7 Å². The lowest BCUT2D eigenvalue weighted by Crippen LogP contribution is -2.36. The first kappa shape index (κ1) is 11.1. The molecule has 1 unspecified atom stereocenters. The highest BCUT2D eigenvalue weighted by Gasteiger charge is 2.22. The predicted molar refractivity (Wildman–Crippen MR) is 65.0 cm³/mol. The summed E-state index contributed by atoms with van der Waals surface area (Å²) in [5.74, 6) is 0.693. The van der Waals surface area contributed by atoms with Gasteiger partial charge >= 0.3 is 0 Å². The van der Waals surface area contributed by atoms with Crippen LogP contribution in [0.2, 0.25) is 0 Å². The molecule has 0 radical (unpaired) electrons. The van der Waals surface area contributed by atoms with Crippen LogP contribution in [0.3, 0.4) is 0 Å². The molecule has 1 saturated heterocycles. The molecule has 1 atom stereocenters. The van der Waals surface area contributed by atoms with Gasteiger partial charge < -0.3 is 4.90 Å². The predicted octanol–water partition coefficient (Wildman–Crippen LogP) is 2.83. The molecule has 1 aromatic rings. The lowest BCUT2D eigenvalue weighted by molar-refractivity contribution is 0.618. The standard InChI is InChI=1S/C10H16ClN3S/c1-8-12-13-10(15-8)14-6-4-2-3-5-9(14)7-11/h9H,2-7H2,1H3. The lowest BCUT2D eigenvalue weighted by Gasteiger charge is -2.27. The maximum atomic E-state index is 6.02. The molecule has 15 heavy (non-hydrogen) atoms. The number of rotatable bonds is 2. The van der Waals surface area contributed by atoms with Crippen molar-refractivity contribution in [2.24, 2.45) is 0 Å². The van der Waals surface area contributed by atoms with Gasteiger partial charge in [0.1, 0.15) is 5.01 Å². The van der Waals surface area contributed by atoms with Crippen molar-refractivity contribution in [2.75, 3.05) is 17.3 Å². The van der Waals surface area contributed by atoms with Gasteiger partial charge in [0.25, 0.3) is 0 Å². The first-order valence-corrected chi connectivity index (χ1v) is 6.79. The van der Waals surface area contributed by atoms with Crippen molar-refractivity contribution in [3.63, 3.8) is 0 Å². The van der Waals surface area contributed by atoms with Crippen LogP contribution in [0, 0.1) is 6.92 Å². The van der Waals surface area contributed by atoms with Crippen LogP contribution in [0.5, 0.6) is 0 Å². The van der Waals surface area contributed by atoms with Crippen molar-refractivity contribution < 1.29 is 0 Å². The van der Waals surface area contributed by atoms with Crippen LogP contribution < -0.4 is 4.90 Å². The third kappa shape index (κ3) is 2.61. The van der Waals surface area contributed by atoms with Crippen LogP contribution in [0.15, 0.2) is 0 Å². The highest BCUT2D eigenvalue weighted by atomic mass is 35.5. The van der Waals surface area contributed by atoms with Gasteiger partial charge in [-0.25, -0.2) is 0 Å². The van der Waals surface area contributed by atoms with E-state index in [-0.39, 0.29) is 0 Å². The third-order valence-corrected chi connectivity index (χ3v) is 4.05. The highest BCUT2D eigenvalue weighted by Crippen LogP contribution is 2.27. The average molecular weight is 246 g/mol. The molecule has 0 amide bonds. The van der Waals surface area contributed by atoms with E-state index < -0.39 is 0 Å². The minimum atomic E-state index is 0.446. The molecule has 1 aliphatic rings. The number of hydrogen-bond donors (Lipinski definition) is 0. The number of anilines is 1. The maximum absolute atomic E-state index is 6.02. The first-order chi connectivity index (χ1) is 7.31. The Labute approximate surface area is 99.5 Å². The summed E-state index contributed by atoms with van der Waals surface area (Å²) in [6, 6.07) is 0.446. The fraction of sp³-hybridized carbons (Fsp3) is 0.800. The quantitative estimate of drug-likeness (QED) is 0.751. The van der Waals surface area contributed by atoms with Gasteiger partial charge in [0, 0.05) is 18.5 Å². The highest BCUT2D eigenvalue weighted by molar-refractivity contribution is 7.15. The maximum Gasteiger partial charge on any atom is 0.208 e. The second kappa shape index (κ2) is 5.12. The summed E-state index contributed by atoms with van der Waals surface area (Å²) < 4.78 is 0. The number of halogens is 1. The van der Waals surface area contributed by atoms with E-state index in [1.807, 2.05) is 6.92 Å². The summed E-state index contributed by atoms with van der Waals surface area (Å²) in [6.07, 6.45) is 5.02. The van der Waals surface area contributed by atoms with Gasteiger partial charge in [-0.15, -0.1) is 21.8 Å². The second-order valence-electron chi connectivity index (χ2n) is 3.95. The van der Waals surface area contributed by atoms with Crippen LogP contribution in [0.4, 0.5) is 5.13 Å². The number of nitrogens with zero attached hydrogens (tertiary/aromatic N) is 3. The molecule has 0 aliphatic carbocycles. The lowest BCUT2D eigenvalue weighted by atomic mass is 10.1. The number of aryl methyl sites for hydroxylation is 1. The Bertz CT molecular complexity index is 315. The summed E-state index contributed by atoms with van der Waals surface area (Å²) in [5.41, 5.74) is 0. The molecule has 0 aromatic carbocycles. The van der Waals surface area contributed by atoms with Gasteiger partial charge in [0.05, 0.1) is 0 Å². The van der Waals surface area contributed by atoms with Gasteiger partial charge in [-0.3, -0.25) is 0 Å². The molecule has 1 aromatic heterocycles. The molecule has 84 valence electrons. The summed E-state index contributed by atoms with van der Waals surface area (Å²) in [4.78, 5) is 2.34. The summed E-state index contributed by atoms with van der Waals surface area (Å²) in [7, 11) is 0. The van der Waals surface area contributed by atoms with Crippen LogP contribution >= 0.6 is 22.9 Å². The smallest absolute Gasteiger partial charge is 0.208 e. The molecule has 0 spiro atoms. The van der Waals surface area contributed by atoms with E-state index in [9.17, 15) is 0 Å². The van der Waals surface area contributed by atoms with Crippen molar-refractivity contribution in [3.05, 3.63) is 5.01 Å². The Kier molecular flexibility index (Phi) is 3.81. The van der Waals surface area contributed by atoms with E-state index in [0.29, 0.717) is 11.9 Å². The number of hydrogen-bond acceptors (Lipinski definition) is 4. The molecule has 5 heteroatoms. The van der Waals surface area contributed by atoms with Gasteiger partial charge in [-0.2, -0.15) is 0 Å². The summed E-state index contributed by atoms with van der Waals surface area (Å²) in [5, 5.41) is 10.4. The molecule has 1 aliphatic heterocycles. The second-order valence-corrected chi connectivity index (χ2v) is 5.42. The zero-order chi connectivity index (χ0) is 10.7. The number of alkyl halides is 1. The molecular formula is C10H16ClN3S. The zero-order valence-corrected chi connectivity index (χ0v) is 10.5. The van der Waals surface area contributed by atoms with Crippen molar-refractivity contribution >= 4 is 28.1 Å². The minimum Gasteiger partial charge on any atom is -0.342 e. The molecule has 0 N–H and O–H groups in total. The fourth-order valence-corrected chi connectivity index (χ4v) is 3.10. The summed E-state index contributed by atoms with van der Waals surface area (Å²) in [6.45, 7) is 3.07. The fourth-order valence-electron chi connectivity index (χ4n) is 1.99. The Hall–Kier alpha value is -0.350. The van der Waals surface area contributed by atoms with Crippen LogP contribution in [-0.4, -0.2) is 28.7 Å². The average Bonchev–Trinajstić information content (AvgIpc) is 2.54. The third-order valence-electron chi connectivity index (χ3n) is 2.82. The first-order valence-electron chi connectivity index (χ1n) is 5.44. The Morgan fingerprint density at radius 3 is 2.93 bits per heavy atom. The van der Waals surface area contributed by atoms with Gasteiger partial charge in [-0.1, -0.05) is 24.2 Å². The van der Waals surface area contributed by atoms with Crippen LogP contribution in [0.1, 0.15) is 30.7 Å². The van der Waals surface area contributed by atoms with E-state index in [1.54, 1.807) is 11.3 Å². The van der Waals surface area contributed by atoms with E-state index in [2.05, 4.69) is 15.1 Å². The van der Waals surface area contributed by atoms with E-state index in [1.165, 1.54) is 25.7 Å². The van der Waals surface area contributed by atoms with Crippen LogP contribution in [-0.2, 0) is 0 Å². The van der Waals surface area contributed by atoms with Crippen LogP contribution in [0.25, 0.3) is 0 Å². The van der Waals surface area contributed by atoms with E-state index >= 15 is 0 Å². The van der Waals surface area contributed by atoms with Crippen molar-refractivity contribution in [3.8, 4) is 0 Å². The molecule has 1 fully saturated rings. The molecular weight excluding hydrogens is 230 g/mol. The van der Waals surface area contributed by atoms with Crippen molar-refractivity contribution in [1.29, 1.82) is 0 Å². The SMILES string of the molecule is Cc1nnc(N2CCCCCC2CCl)s1. The Balaban J connectivity index is 2.16. The molecule has 2 heterocycles. The molecule has 0 bridgehead atoms. The topological polar surface area (TPSA) is 29.0 Å². The van der Waals surface area contributed by atoms with Gasteiger partial charge in [0.2, 0.25) is 5.13 Å². The zero-order valence-electron chi connectivity index (χ0n) is 8.95. The number of aromatic nitrogens is 2. The summed E-state index contributed by atoms with van der Waals surface area (Å²) >= 11 is 7.69. The molecule has 3 nitrogen and oxygen atoms in total. The Morgan fingerprint density at radius 1 is 1.40 bits per heavy atom. The normalized spacial score (nSPS) is 22.8. The van der Waals surface area contributed by atoms with Crippen molar-refractivity contribution in [1.82, 2.24) is 10.2 Å². The Morgan fingerprint density at radius 2 is 2.27 bits per heavy atom. The molecule has 0 saturated carbocycles. The van der Waals surface area contributed by atoms with E-state index in [4.69, 9.17) is 11.6 Å². The minimum absolute atomic E-state index is 0.446. The molecule has 2 rings (SSSR count). The largest absolute Gasteiger partial charge is 0.342 e. The van der Waals surface area contributed by atoms with Gasteiger partial charge in [-0.05, 0) is 19.8 Å².